The van der Waals surface area contributed by atoms with E-state index in [0.29, 0.717) is 18.0 Å². The topological polar surface area (TPSA) is 78.9 Å². The quantitative estimate of drug-likeness (QED) is 0.855. The van der Waals surface area contributed by atoms with E-state index in [1.807, 2.05) is 19.9 Å². The second-order valence-electron chi connectivity index (χ2n) is 4.85. The lowest BCUT2D eigenvalue weighted by atomic mass is 9.96. The maximum Gasteiger partial charge on any atom is 0.228 e. The number of amides is 1. The Hall–Kier alpha value is -1.93. The molecule has 102 valence electrons. The van der Waals surface area contributed by atoms with Crippen LogP contribution in [-0.4, -0.2) is 12.5 Å². The molecule has 0 bridgehead atoms. The number of halogens is 1. The van der Waals surface area contributed by atoms with E-state index >= 15 is 0 Å². The molecule has 0 aliphatic carbocycles. The van der Waals surface area contributed by atoms with Gasteiger partial charge in [-0.3, -0.25) is 4.79 Å². The van der Waals surface area contributed by atoms with Crippen molar-refractivity contribution in [3.8, 4) is 6.07 Å². The molecule has 0 heterocycles. The Balaban J connectivity index is 2.84. The first kappa shape index (κ1) is 15.1. The fraction of sp³-hybridized carbons (Fsp3) is 0.429. The molecule has 0 aromatic heterocycles. The van der Waals surface area contributed by atoms with Gasteiger partial charge < -0.3 is 11.1 Å². The zero-order valence-electron chi connectivity index (χ0n) is 11.1. The van der Waals surface area contributed by atoms with Crippen LogP contribution in [0.1, 0.15) is 25.8 Å². The predicted molar refractivity (Wildman–Crippen MR) is 71.7 cm³/mol. The van der Waals surface area contributed by atoms with Crippen LogP contribution in [0.4, 0.5) is 10.1 Å². The van der Waals surface area contributed by atoms with E-state index in [4.69, 9.17) is 11.0 Å². The summed E-state index contributed by atoms with van der Waals surface area (Å²) in [5.41, 5.74) is 6.01. The van der Waals surface area contributed by atoms with Crippen molar-refractivity contribution < 1.29 is 9.18 Å². The molecule has 3 N–H and O–H groups in total. The lowest BCUT2D eigenvalue weighted by Crippen LogP contribution is -2.30. The van der Waals surface area contributed by atoms with E-state index in [1.54, 1.807) is 0 Å². The van der Waals surface area contributed by atoms with E-state index < -0.39 is 5.82 Å². The van der Waals surface area contributed by atoms with Crippen LogP contribution in [0.25, 0.3) is 0 Å². The summed E-state index contributed by atoms with van der Waals surface area (Å²) in [5.74, 6) is -0.703. The molecule has 4 nitrogen and oxygen atoms in total. The van der Waals surface area contributed by atoms with Crippen molar-refractivity contribution in [3.63, 3.8) is 0 Å². The van der Waals surface area contributed by atoms with Crippen LogP contribution in [0.15, 0.2) is 18.2 Å². The van der Waals surface area contributed by atoms with Crippen LogP contribution in [-0.2, 0) is 4.79 Å². The molecule has 0 saturated heterocycles. The van der Waals surface area contributed by atoms with Gasteiger partial charge in [0.25, 0.3) is 0 Å². The summed E-state index contributed by atoms with van der Waals surface area (Å²) in [6, 6.07) is 5.53. The molecule has 5 heteroatoms. The third-order valence-electron chi connectivity index (χ3n) is 2.77. The first-order chi connectivity index (χ1) is 8.97. The average Bonchev–Trinajstić information content (AvgIpc) is 2.37. The summed E-state index contributed by atoms with van der Waals surface area (Å²) in [6.07, 6.45) is 0.672. The zero-order valence-corrected chi connectivity index (χ0v) is 11.1. The molecule has 1 rings (SSSR count). The van der Waals surface area contributed by atoms with Gasteiger partial charge in [-0.05, 0) is 30.5 Å². The molecule has 1 amide bonds. The highest BCUT2D eigenvalue weighted by molar-refractivity contribution is 5.93. The smallest absolute Gasteiger partial charge is 0.228 e. The number of nitrogens with two attached hydrogens (primary N) is 1. The van der Waals surface area contributed by atoms with Crippen LogP contribution in [0.2, 0.25) is 0 Å². The van der Waals surface area contributed by atoms with Crippen LogP contribution in [0.5, 0.6) is 0 Å². The molecule has 1 aromatic rings. The second kappa shape index (κ2) is 6.86. The third-order valence-corrected chi connectivity index (χ3v) is 2.77. The number of carbonyl (C=O) groups is 1. The summed E-state index contributed by atoms with van der Waals surface area (Å²) in [4.78, 5) is 12.0. The fourth-order valence-electron chi connectivity index (χ4n) is 1.83. The normalized spacial score (nSPS) is 12.0. The van der Waals surface area contributed by atoms with Gasteiger partial charge in [0.1, 0.15) is 11.9 Å². The van der Waals surface area contributed by atoms with Gasteiger partial charge in [-0.15, -0.1) is 0 Å². The van der Waals surface area contributed by atoms with Crippen molar-refractivity contribution in [2.75, 3.05) is 11.9 Å². The van der Waals surface area contributed by atoms with Crippen molar-refractivity contribution in [1.82, 2.24) is 0 Å². The molecule has 19 heavy (non-hydrogen) atoms. The van der Waals surface area contributed by atoms with E-state index in [1.165, 1.54) is 12.1 Å². The number of nitrogens with zero attached hydrogens (tertiary/aromatic N) is 1. The second-order valence-corrected chi connectivity index (χ2v) is 4.85. The molecular formula is C14H18FN3O. The first-order valence-electron chi connectivity index (χ1n) is 6.18. The summed E-state index contributed by atoms with van der Waals surface area (Å²) in [7, 11) is 0. The third kappa shape index (κ3) is 4.34. The largest absolute Gasteiger partial charge is 0.330 e. The number of anilines is 1. The minimum atomic E-state index is -0.507. The lowest BCUT2D eigenvalue weighted by Gasteiger charge is -2.17. The molecule has 0 saturated carbocycles. The molecular weight excluding hydrogens is 245 g/mol. The Labute approximate surface area is 112 Å². The first-order valence-corrected chi connectivity index (χ1v) is 6.18. The van der Waals surface area contributed by atoms with Crippen molar-refractivity contribution >= 4 is 11.6 Å². The van der Waals surface area contributed by atoms with Gasteiger partial charge in [-0.25, -0.2) is 4.39 Å². The number of benzene rings is 1. The van der Waals surface area contributed by atoms with E-state index in [-0.39, 0.29) is 23.9 Å². The van der Waals surface area contributed by atoms with E-state index in [0.717, 1.165) is 6.07 Å². The molecule has 0 aliphatic heterocycles. The highest BCUT2D eigenvalue weighted by Gasteiger charge is 2.19. The molecule has 1 aromatic carbocycles. The highest BCUT2D eigenvalue weighted by atomic mass is 19.1. The summed E-state index contributed by atoms with van der Waals surface area (Å²) in [5, 5.41) is 11.5. The summed E-state index contributed by atoms with van der Waals surface area (Å²) < 4.78 is 13.0. The molecule has 0 fully saturated rings. The maximum absolute atomic E-state index is 13.0. The van der Waals surface area contributed by atoms with Gasteiger partial charge in [0.05, 0.1) is 17.2 Å². The number of hydrogen-bond acceptors (Lipinski definition) is 3. The molecule has 0 aliphatic rings. The van der Waals surface area contributed by atoms with Crippen molar-refractivity contribution in [2.45, 2.75) is 20.3 Å². The lowest BCUT2D eigenvalue weighted by molar-refractivity contribution is -0.120. The average molecular weight is 263 g/mol. The van der Waals surface area contributed by atoms with Crippen molar-refractivity contribution in [1.29, 1.82) is 5.26 Å². The number of nitriles is 1. The van der Waals surface area contributed by atoms with Crippen molar-refractivity contribution in [2.24, 2.45) is 17.6 Å². The zero-order chi connectivity index (χ0) is 14.4. The summed E-state index contributed by atoms with van der Waals surface area (Å²) >= 11 is 0. The Morgan fingerprint density at radius 1 is 1.53 bits per heavy atom. The highest BCUT2D eigenvalue weighted by Crippen LogP contribution is 2.18. The van der Waals surface area contributed by atoms with Gasteiger partial charge in [0, 0.05) is 6.54 Å². The van der Waals surface area contributed by atoms with Gasteiger partial charge in [-0.2, -0.15) is 5.26 Å². The Kier molecular flexibility index (Phi) is 5.46. The van der Waals surface area contributed by atoms with Gasteiger partial charge >= 0.3 is 0 Å². The minimum Gasteiger partial charge on any atom is -0.330 e. The Morgan fingerprint density at radius 3 is 2.74 bits per heavy atom. The number of nitrogens with one attached hydrogen (secondary N) is 1. The van der Waals surface area contributed by atoms with E-state index in [9.17, 15) is 9.18 Å². The summed E-state index contributed by atoms with van der Waals surface area (Å²) in [6.45, 7) is 4.26. The molecule has 0 radical (unpaired) electrons. The SMILES string of the molecule is CC(C)CC(CN)C(=O)Nc1ccc(F)cc1C#N. The van der Waals surface area contributed by atoms with Crippen LogP contribution < -0.4 is 11.1 Å². The maximum atomic E-state index is 13.0. The number of rotatable bonds is 5. The van der Waals surface area contributed by atoms with Gasteiger partial charge in [-0.1, -0.05) is 13.8 Å². The van der Waals surface area contributed by atoms with Crippen LogP contribution in [0, 0.1) is 29.0 Å². The van der Waals surface area contributed by atoms with Gasteiger partial charge in [0.2, 0.25) is 5.91 Å². The minimum absolute atomic E-state index is 0.105. The van der Waals surface area contributed by atoms with Crippen LogP contribution >= 0.6 is 0 Å². The molecule has 0 spiro atoms. The predicted octanol–water partition coefficient (Wildman–Crippen LogP) is 2.26. The number of carbonyl (C=O) groups excluding carboxylic acids is 1. The number of hydrogen-bond donors (Lipinski definition) is 2. The fourth-order valence-corrected chi connectivity index (χ4v) is 1.83. The Morgan fingerprint density at radius 2 is 2.21 bits per heavy atom. The molecule has 1 atom stereocenters. The Bertz CT molecular complexity index is 494. The molecule has 1 unspecified atom stereocenters. The van der Waals surface area contributed by atoms with Crippen LogP contribution in [0.3, 0.4) is 0 Å². The van der Waals surface area contributed by atoms with Crippen molar-refractivity contribution in [3.05, 3.63) is 29.6 Å². The van der Waals surface area contributed by atoms with Gasteiger partial charge in [0.15, 0.2) is 0 Å². The monoisotopic (exact) mass is 263 g/mol. The standard InChI is InChI=1S/C14H18FN3O/c1-9(2)5-11(8-17)14(19)18-13-4-3-12(15)6-10(13)7-16/h3-4,6,9,11H,5,8,17H2,1-2H3,(H,18,19). The van der Waals surface area contributed by atoms with E-state index in [2.05, 4.69) is 5.32 Å².